The van der Waals surface area contributed by atoms with Gasteiger partial charge in [0.1, 0.15) is 0 Å². The number of carboxylic acid groups (broad SMARTS) is 1. The normalized spacial score (nSPS) is 10.7. The number of fused-ring (bicyclic) bond motifs is 1. The summed E-state index contributed by atoms with van der Waals surface area (Å²) in [5.74, 6) is 0. The molecule has 0 aliphatic rings. The van der Waals surface area contributed by atoms with Crippen molar-refractivity contribution in [3.63, 3.8) is 0 Å². The zero-order valence-corrected chi connectivity index (χ0v) is 11.7. The van der Waals surface area contributed by atoms with Crippen molar-refractivity contribution in [2.75, 3.05) is 5.32 Å². The molecule has 0 bridgehead atoms. The predicted molar refractivity (Wildman–Crippen MR) is 77.8 cm³/mol. The first-order chi connectivity index (χ1) is 9.65. The third-order valence-corrected chi connectivity index (χ3v) is 3.33. The van der Waals surface area contributed by atoms with Gasteiger partial charge in [0.25, 0.3) is 0 Å². The van der Waals surface area contributed by atoms with E-state index in [4.69, 9.17) is 5.11 Å². The lowest BCUT2D eigenvalue weighted by Gasteiger charge is -2.07. The Morgan fingerprint density at radius 1 is 1.35 bits per heavy atom. The Balaban J connectivity index is 2.13. The molecule has 2 aromatic heterocycles. The number of carbonyl (C=O) groups is 1. The second-order valence-electron chi connectivity index (χ2n) is 4.07. The minimum Gasteiger partial charge on any atom is -0.465 e. The van der Waals surface area contributed by atoms with Crippen LogP contribution in [-0.4, -0.2) is 25.8 Å². The van der Waals surface area contributed by atoms with Crippen LogP contribution in [0.25, 0.3) is 16.9 Å². The Morgan fingerprint density at radius 2 is 2.20 bits per heavy atom. The predicted octanol–water partition coefficient (Wildman–Crippen LogP) is 3.25. The Bertz CT molecular complexity index is 800. The molecular weight excluding hydrogens is 324 g/mol. The zero-order chi connectivity index (χ0) is 14.1. The summed E-state index contributed by atoms with van der Waals surface area (Å²) in [6.45, 7) is 0. The first-order valence-electron chi connectivity index (χ1n) is 5.74. The summed E-state index contributed by atoms with van der Waals surface area (Å²) >= 11 is 3.38. The standard InChI is InChI=1S/C13H9BrN4O2/c14-10-7-16-18-11(4-5-15-12(10)18)8-2-1-3-9(6-8)17-13(19)20/h1-7,17H,(H,19,20). The van der Waals surface area contributed by atoms with Crippen molar-refractivity contribution < 1.29 is 9.90 Å². The minimum absolute atomic E-state index is 0.506. The molecule has 0 fully saturated rings. The fourth-order valence-corrected chi connectivity index (χ4v) is 2.32. The highest BCUT2D eigenvalue weighted by molar-refractivity contribution is 9.10. The summed E-state index contributed by atoms with van der Waals surface area (Å²) in [7, 11) is 0. The Labute approximate surface area is 122 Å². The van der Waals surface area contributed by atoms with E-state index in [1.807, 2.05) is 12.1 Å². The monoisotopic (exact) mass is 332 g/mol. The van der Waals surface area contributed by atoms with Crippen molar-refractivity contribution in [3.05, 3.63) is 47.2 Å². The summed E-state index contributed by atoms with van der Waals surface area (Å²) in [5, 5.41) is 15.3. The van der Waals surface area contributed by atoms with Crippen LogP contribution >= 0.6 is 15.9 Å². The highest BCUT2D eigenvalue weighted by Crippen LogP contribution is 2.25. The summed E-state index contributed by atoms with van der Waals surface area (Å²) in [5.41, 5.74) is 2.89. The summed E-state index contributed by atoms with van der Waals surface area (Å²) in [6.07, 6.45) is 2.27. The topological polar surface area (TPSA) is 79.5 Å². The number of hydrogen-bond donors (Lipinski definition) is 2. The molecule has 1 aromatic carbocycles. The molecule has 0 saturated carbocycles. The average Bonchev–Trinajstić information content (AvgIpc) is 2.80. The van der Waals surface area contributed by atoms with Gasteiger partial charge >= 0.3 is 6.09 Å². The lowest BCUT2D eigenvalue weighted by atomic mass is 10.1. The highest BCUT2D eigenvalue weighted by atomic mass is 79.9. The second kappa shape index (κ2) is 4.93. The Morgan fingerprint density at radius 3 is 3.00 bits per heavy atom. The molecule has 20 heavy (non-hydrogen) atoms. The average molecular weight is 333 g/mol. The van der Waals surface area contributed by atoms with Crippen molar-refractivity contribution in [2.45, 2.75) is 0 Å². The van der Waals surface area contributed by atoms with E-state index in [0.717, 1.165) is 15.7 Å². The number of halogens is 1. The van der Waals surface area contributed by atoms with E-state index in [-0.39, 0.29) is 0 Å². The Kier molecular flexibility index (Phi) is 3.11. The highest BCUT2D eigenvalue weighted by Gasteiger charge is 2.09. The third-order valence-electron chi connectivity index (χ3n) is 2.77. The molecule has 0 saturated heterocycles. The first kappa shape index (κ1) is 12.6. The molecule has 3 aromatic rings. The number of rotatable bonds is 2. The van der Waals surface area contributed by atoms with Crippen molar-refractivity contribution in [1.82, 2.24) is 14.6 Å². The molecule has 6 nitrogen and oxygen atoms in total. The van der Waals surface area contributed by atoms with E-state index in [0.29, 0.717) is 11.3 Å². The zero-order valence-electron chi connectivity index (χ0n) is 10.1. The van der Waals surface area contributed by atoms with Gasteiger partial charge in [0.2, 0.25) is 0 Å². The second-order valence-corrected chi connectivity index (χ2v) is 4.92. The number of benzene rings is 1. The van der Waals surface area contributed by atoms with E-state index in [1.165, 1.54) is 0 Å². The van der Waals surface area contributed by atoms with Gasteiger partial charge in [-0.2, -0.15) is 5.10 Å². The lowest BCUT2D eigenvalue weighted by Crippen LogP contribution is -2.07. The van der Waals surface area contributed by atoms with Gasteiger partial charge < -0.3 is 5.11 Å². The molecule has 0 spiro atoms. The maximum Gasteiger partial charge on any atom is 0.409 e. The molecule has 100 valence electrons. The maximum atomic E-state index is 10.7. The number of nitrogens with zero attached hydrogens (tertiary/aromatic N) is 3. The van der Waals surface area contributed by atoms with Crippen molar-refractivity contribution in [2.24, 2.45) is 0 Å². The van der Waals surface area contributed by atoms with Gasteiger partial charge in [0, 0.05) is 17.4 Å². The van der Waals surface area contributed by atoms with Crippen LogP contribution in [0.15, 0.2) is 47.2 Å². The van der Waals surface area contributed by atoms with Crippen LogP contribution in [0.2, 0.25) is 0 Å². The van der Waals surface area contributed by atoms with Crippen molar-refractivity contribution in [3.8, 4) is 11.3 Å². The number of nitrogens with one attached hydrogen (secondary N) is 1. The van der Waals surface area contributed by atoms with E-state index >= 15 is 0 Å². The molecule has 2 N–H and O–H groups in total. The smallest absolute Gasteiger partial charge is 0.409 e. The quantitative estimate of drug-likeness (QED) is 0.754. The molecule has 1 amide bonds. The van der Waals surface area contributed by atoms with Gasteiger partial charge in [-0.15, -0.1) is 0 Å². The molecule has 0 aliphatic heterocycles. The van der Waals surface area contributed by atoms with Crippen LogP contribution in [0.3, 0.4) is 0 Å². The largest absolute Gasteiger partial charge is 0.465 e. The van der Waals surface area contributed by atoms with Gasteiger partial charge in [0.05, 0.1) is 16.4 Å². The third kappa shape index (κ3) is 2.23. The molecule has 0 radical (unpaired) electrons. The van der Waals surface area contributed by atoms with Gasteiger partial charge in [-0.3, -0.25) is 5.32 Å². The van der Waals surface area contributed by atoms with E-state index < -0.39 is 6.09 Å². The van der Waals surface area contributed by atoms with Gasteiger partial charge in [-0.05, 0) is 34.1 Å². The van der Waals surface area contributed by atoms with E-state index in [9.17, 15) is 4.79 Å². The molecular formula is C13H9BrN4O2. The van der Waals surface area contributed by atoms with Crippen LogP contribution in [0, 0.1) is 0 Å². The van der Waals surface area contributed by atoms with E-state index in [1.54, 1.807) is 35.1 Å². The Hall–Kier alpha value is -2.41. The van der Waals surface area contributed by atoms with Crippen LogP contribution in [0.4, 0.5) is 10.5 Å². The molecule has 0 atom stereocenters. The van der Waals surface area contributed by atoms with E-state index in [2.05, 4.69) is 31.3 Å². The first-order valence-corrected chi connectivity index (χ1v) is 6.53. The molecule has 7 heteroatoms. The van der Waals surface area contributed by atoms with Gasteiger partial charge in [-0.25, -0.2) is 14.3 Å². The maximum absolute atomic E-state index is 10.7. The summed E-state index contributed by atoms with van der Waals surface area (Å²) in [6, 6.07) is 8.93. The number of aromatic nitrogens is 3. The molecule has 0 aliphatic carbocycles. The summed E-state index contributed by atoms with van der Waals surface area (Å²) in [4.78, 5) is 14.9. The van der Waals surface area contributed by atoms with Crippen LogP contribution in [0.1, 0.15) is 0 Å². The molecule has 0 unspecified atom stereocenters. The van der Waals surface area contributed by atoms with Crippen molar-refractivity contribution in [1.29, 1.82) is 0 Å². The SMILES string of the molecule is O=C(O)Nc1cccc(-c2ccnc3c(Br)cnn23)c1. The fraction of sp³-hybridized carbons (Fsp3) is 0. The number of anilines is 1. The van der Waals surface area contributed by atoms with Crippen LogP contribution in [-0.2, 0) is 0 Å². The minimum atomic E-state index is -1.09. The lowest BCUT2D eigenvalue weighted by molar-refractivity contribution is 0.210. The number of hydrogen-bond acceptors (Lipinski definition) is 3. The number of amides is 1. The van der Waals surface area contributed by atoms with Crippen LogP contribution < -0.4 is 5.32 Å². The van der Waals surface area contributed by atoms with Gasteiger partial charge in [-0.1, -0.05) is 12.1 Å². The van der Waals surface area contributed by atoms with Crippen molar-refractivity contribution >= 4 is 33.4 Å². The summed E-state index contributed by atoms with van der Waals surface area (Å²) < 4.78 is 2.50. The molecule has 3 rings (SSSR count). The van der Waals surface area contributed by atoms with Crippen LogP contribution in [0.5, 0.6) is 0 Å². The molecule has 2 heterocycles. The van der Waals surface area contributed by atoms with Gasteiger partial charge in [0.15, 0.2) is 5.65 Å². The fourth-order valence-electron chi connectivity index (χ4n) is 1.96.